The Balaban J connectivity index is 2.22. The van der Waals surface area contributed by atoms with E-state index in [-0.39, 0.29) is 11.4 Å². The highest BCUT2D eigenvalue weighted by atomic mass is 32.2. The molecular weight excluding hydrogens is 288 g/mol. The molecule has 0 saturated heterocycles. The molecule has 0 radical (unpaired) electrons. The maximum absolute atomic E-state index is 12.6. The van der Waals surface area contributed by atoms with E-state index in [2.05, 4.69) is 0 Å². The predicted molar refractivity (Wildman–Crippen MR) is 81.2 cm³/mol. The van der Waals surface area contributed by atoms with Crippen LogP contribution in [0, 0.1) is 0 Å². The normalized spacial score (nSPS) is 12.0. The van der Waals surface area contributed by atoms with Crippen LogP contribution in [-0.4, -0.2) is 25.8 Å². The monoisotopic (exact) mass is 308 g/mol. The molecule has 2 rings (SSSR count). The molecule has 6 heteroatoms. The molecule has 2 aromatic rings. The summed E-state index contributed by atoms with van der Waals surface area (Å²) in [5, 5.41) is 0. The van der Waals surface area contributed by atoms with Crippen LogP contribution in [0.3, 0.4) is 0 Å². The molecule has 0 spiro atoms. The summed E-state index contributed by atoms with van der Waals surface area (Å²) in [6.45, 7) is 2.97. The number of rotatable bonds is 7. The molecule has 21 heavy (non-hydrogen) atoms. The third kappa shape index (κ3) is 3.72. The molecule has 1 aromatic carbocycles. The summed E-state index contributed by atoms with van der Waals surface area (Å²) in [5.74, 6) is 0.625. The lowest BCUT2D eigenvalue weighted by atomic mass is 10.2. The van der Waals surface area contributed by atoms with Crippen LogP contribution in [0.1, 0.15) is 18.2 Å². The first kappa shape index (κ1) is 15.8. The van der Waals surface area contributed by atoms with E-state index in [0.717, 1.165) is 12.0 Å². The van der Waals surface area contributed by atoms with E-state index in [1.807, 2.05) is 6.92 Å². The minimum absolute atomic E-state index is 0.233. The van der Waals surface area contributed by atoms with E-state index in [9.17, 15) is 8.42 Å². The van der Waals surface area contributed by atoms with E-state index in [1.165, 1.54) is 10.6 Å². The summed E-state index contributed by atoms with van der Waals surface area (Å²) in [6, 6.07) is 10.4. The summed E-state index contributed by atoms with van der Waals surface area (Å²) in [5.41, 5.74) is 6.53. The van der Waals surface area contributed by atoms with Crippen molar-refractivity contribution in [3.05, 3.63) is 54.0 Å². The molecule has 5 nitrogen and oxygen atoms in total. The first-order chi connectivity index (χ1) is 10.1. The van der Waals surface area contributed by atoms with Gasteiger partial charge < -0.3 is 10.2 Å². The zero-order chi connectivity index (χ0) is 15.3. The number of sulfonamides is 1. The summed E-state index contributed by atoms with van der Waals surface area (Å²) in [7, 11) is -3.52. The van der Waals surface area contributed by atoms with Crippen molar-refractivity contribution in [2.75, 3.05) is 13.1 Å². The number of hydrogen-bond donors (Lipinski definition) is 1. The molecule has 2 N–H and O–H groups in total. The first-order valence-corrected chi connectivity index (χ1v) is 8.33. The number of nitrogens with zero attached hydrogens (tertiary/aromatic N) is 1. The Bertz CT molecular complexity index is 649. The maximum atomic E-state index is 12.6. The van der Waals surface area contributed by atoms with Crippen LogP contribution in [0.2, 0.25) is 0 Å². The van der Waals surface area contributed by atoms with Gasteiger partial charge in [-0.05, 0) is 42.8 Å². The Hall–Kier alpha value is -1.63. The van der Waals surface area contributed by atoms with Gasteiger partial charge in [-0.25, -0.2) is 8.42 Å². The van der Waals surface area contributed by atoms with Crippen molar-refractivity contribution in [1.82, 2.24) is 4.31 Å². The molecule has 0 atom stereocenters. The van der Waals surface area contributed by atoms with E-state index in [0.29, 0.717) is 18.8 Å². The Labute approximate surface area is 125 Å². The van der Waals surface area contributed by atoms with Crippen molar-refractivity contribution in [3.63, 3.8) is 0 Å². The van der Waals surface area contributed by atoms with E-state index < -0.39 is 10.0 Å². The van der Waals surface area contributed by atoms with E-state index >= 15 is 0 Å². The number of benzene rings is 1. The van der Waals surface area contributed by atoms with Crippen LogP contribution in [0.25, 0.3) is 0 Å². The van der Waals surface area contributed by atoms with Gasteiger partial charge in [-0.2, -0.15) is 4.31 Å². The molecule has 114 valence electrons. The van der Waals surface area contributed by atoms with Crippen molar-refractivity contribution in [2.24, 2.45) is 5.73 Å². The van der Waals surface area contributed by atoms with Gasteiger partial charge in [0.1, 0.15) is 5.76 Å². The average molecular weight is 308 g/mol. The molecule has 0 aliphatic rings. The zero-order valence-electron chi connectivity index (χ0n) is 12.0. The molecule has 0 unspecified atom stereocenters. The lowest BCUT2D eigenvalue weighted by Gasteiger charge is -2.19. The highest BCUT2D eigenvalue weighted by molar-refractivity contribution is 7.89. The van der Waals surface area contributed by atoms with Crippen LogP contribution >= 0.6 is 0 Å². The van der Waals surface area contributed by atoms with Crippen molar-refractivity contribution in [3.8, 4) is 0 Å². The Morgan fingerprint density at radius 3 is 2.43 bits per heavy atom. The lowest BCUT2D eigenvalue weighted by molar-refractivity contribution is 0.375. The number of furan rings is 1. The van der Waals surface area contributed by atoms with Gasteiger partial charge in [-0.1, -0.05) is 19.1 Å². The zero-order valence-corrected chi connectivity index (χ0v) is 12.8. The topological polar surface area (TPSA) is 76.5 Å². The van der Waals surface area contributed by atoms with Gasteiger partial charge in [0.25, 0.3) is 0 Å². The molecule has 1 heterocycles. The second kappa shape index (κ2) is 6.89. The van der Waals surface area contributed by atoms with Crippen LogP contribution in [0.4, 0.5) is 0 Å². The fraction of sp³-hybridized carbons (Fsp3) is 0.333. The van der Waals surface area contributed by atoms with Crippen molar-refractivity contribution in [2.45, 2.75) is 24.8 Å². The summed E-state index contributed by atoms with van der Waals surface area (Å²) in [4.78, 5) is 0.289. The molecular formula is C15H20N2O3S. The largest absolute Gasteiger partial charge is 0.468 e. The minimum Gasteiger partial charge on any atom is -0.468 e. The molecule has 0 saturated carbocycles. The SMILES string of the molecule is CCN(Cc1ccco1)S(=O)(=O)c1ccc(CCN)cc1. The van der Waals surface area contributed by atoms with Crippen LogP contribution < -0.4 is 5.73 Å². The highest BCUT2D eigenvalue weighted by Crippen LogP contribution is 2.19. The first-order valence-electron chi connectivity index (χ1n) is 6.89. The third-order valence-corrected chi connectivity index (χ3v) is 5.19. The molecule has 0 aliphatic carbocycles. The Morgan fingerprint density at radius 1 is 1.19 bits per heavy atom. The molecule has 0 amide bonds. The fourth-order valence-electron chi connectivity index (χ4n) is 2.09. The van der Waals surface area contributed by atoms with Gasteiger partial charge in [0.05, 0.1) is 17.7 Å². The van der Waals surface area contributed by atoms with Gasteiger partial charge in [0.2, 0.25) is 10.0 Å². The summed E-state index contributed by atoms with van der Waals surface area (Å²) >= 11 is 0. The lowest BCUT2D eigenvalue weighted by Crippen LogP contribution is -2.30. The molecule has 1 aromatic heterocycles. The van der Waals surface area contributed by atoms with Gasteiger partial charge >= 0.3 is 0 Å². The second-order valence-electron chi connectivity index (χ2n) is 4.69. The molecule has 0 fully saturated rings. The van der Waals surface area contributed by atoms with E-state index in [1.54, 1.807) is 36.4 Å². The quantitative estimate of drug-likeness (QED) is 0.848. The van der Waals surface area contributed by atoms with Crippen molar-refractivity contribution in [1.29, 1.82) is 0 Å². The van der Waals surface area contributed by atoms with Crippen molar-refractivity contribution >= 4 is 10.0 Å². The fourth-order valence-corrected chi connectivity index (χ4v) is 3.50. The molecule has 0 bridgehead atoms. The van der Waals surface area contributed by atoms with Crippen LogP contribution in [-0.2, 0) is 23.0 Å². The Kier molecular flexibility index (Phi) is 5.17. The van der Waals surface area contributed by atoms with Crippen LogP contribution in [0.5, 0.6) is 0 Å². The highest BCUT2D eigenvalue weighted by Gasteiger charge is 2.23. The van der Waals surface area contributed by atoms with Gasteiger partial charge in [0, 0.05) is 6.54 Å². The third-order valence-electron chi connectivity index (χ3n) is 3.26. The number of hydrogen-bond acceptors (Lipinski definition) is 4. The standard InChI is InChI=1S/C15H20N2O3S/c1-2-17(12-14-4-3-11-20-14)21(18,19)15-7-5-13(6-8-15)9-10-16/h3-8,11H,2,9-10,12,16H2,1H3. The number of nitrogens with two attached hydrogens (primary N) is 1. The maximum Gasteiger partial charge on any atom is 0.243 e. The van der Waals surface area contributed by atoms with Gasteiger partial charge in [0.15, 0.2) is 0 Å². The van der Waals surface area contributed by atoms with E-state index in [4.69, 9.17) is 10.2 Å². The minimum atomic E-state index is -3.52. The summed E-state index contributed by atoms with van der Waals surface area (Å²) in [6.07, 6.45) is 2.28. The Morgan fingerprint density at radius 2 is 1.90 bits per heavy atom. The smallest absolute Gasteiger partial charge is 0.243 e. The van der Waals surface area contributed by atoms with Crippen LogP contribution in [0.15, 0.2) is 52.0 Å². The summed E-state index contributed by atoms with van der Waals surface area (Å²) < 4.78 is 31.9. The van der Waals surface area contributed by atoms with Gasteiger partial charge in [-0.3, -0.25) is 0 Å². The van der Waals surface area contributed by atoms with Crippen molar-refractivity contribution < 1.29 is 12.8 Å². The second-order valence-corrected chi connectivity index (χ2v) is 6.63. The van der Waals surface area contributed by atoms with Gasteiger partial charge in [-0.15, -0.1) is 0 Å². The molecule has 0 aliphatic heterocycles. The average Bonchev–Trinajstić information content (AvgIpc) is 2.98. The predicted octanol–water partition coefficient (Wildman–Crippen LogP) is 1.99.